The zero-order valence-electron chi connectivity index (χ0n) is 11.1. The van der Waals surface area contributed by atoms with Gasteiger partial charge in [0.25, 0.3) is 0 Å². The second kappa shape index (κ2) is 5.80. The number of nitrogens with zero attached hydrogens (tertiary/aromatic N) is 1. The van der Waals surface area contributed by atoms with Crippen LogP contribution in [0.3, 0.4) is 0 Å². The first-order chi connectivity index (χ1) is 7.83. The van der Waals surface area contributed by atoms with Gasteiger partial charge in [-0.05, 0) is 20.8 Å². The average molecular weight is 245 g/mol. The Bertz CT molecular complexity index is 262. The Kier molecular flexibility index (Phi) is 4.91. The summed E-state index contributed by atoms with van der Waals surface area (Å²) in [4.78, 5) is 13.4. The number of aliphatic hydroxyl groups excluding tert-OH is 1. The smallest absolute Gasteiger partial charge is 0.323 e. The molecule has 0 amide bonds. The first-order valence-electron chi connectivity index (χ1n) is 5.97. The highest BCUT2D eigenvalue weighted by Gasteiger charge is 2.36. The number of esters is 1. The van der Waals surface area contributed by atoms with Gasteiger partial charge in [-0.2, -0.15) is 0 Å². The minimum atomic E-state index is -0.450. The lowest BCUT2D eigenvalue weighted by Gasteiger charge is -2.25. The molecule has 0 spiro atoms. The summed E-state index contributed by atoms with van der Waals surface area (Å²) < 4.78 is 10.3. The number of rotatable bonds is 4. The fourth-order valence-corrected chi connectivity index (χ4v) is 1.98. The number of β-amino-alcohol motifs (C(OH)–C–C–N with tert-alkyl or cyclic N) is 1. The van der Waals surface area contributed by atoms with Crippen molar-refractivity contribution in [1.82, 2.24) is 4.90 Å². The third-order valence-electron chi connectivity index (χ3n) is 2.77. The molecule has 1 rings (SSSR count). The maximum Gasteiger partial charge on any atom is 0.323 e. The highest BCUT2D eigenvalue weighted by atomic mass is 16.5. The van der Waals surface area contributed by atoms with E-state index in [1.165, 1.54) is 7.11 Å². The lowest BCUT2D eigenvalue weighted by molar-refractivity contribution is -0.146. The minimum Gasteiger partial charge on any atom is -0.468 e. The third-order valence-corrected chi connectivity index (χ3v) is 2.77. The fraction of sp³-hybridized carbons (Fsp3) is 0.917. The molecule has 100 valence electrons. The van der Waals surface area contributed by atoms with Crippen LogP contribution in [0.1, 0.15) is 27.2 Å². The van der Waals surface area contributed by atoms with Crippen LogP contribution in [0.25, 0.3) is 0 Å². The summed E-state index contributed by atoms with van der Waals surface area (Å²) in [6.45, 7) is 7.65. The third kappa shape index (κ3) is 4.61. The van der Waals surface area contributed by atoms with Crippen LogP contribution in [0.2, 0.25) is 0 Å². The summed E-state index contributed by atoms with van der Waals surface area (Å²) in [6.07, 6.45) is -0.00363. The van der Waals surface area contributed by atoms with Crippen molar-refractivity contribution >= 4 is 5.97 Å². The van der Waals surface area contributed by atoms with Gasteiger partial charge < -0.3 is 14.6 Å². The number of carbonyl (C=O) groups is 1. The lowest BCUT2D eigenvalue weighted by Crippen LogP contribution is -2.39. The normalized spacial score (nSPS) is 26.2. The lowest BCUT2D eigenvalue weighted by atomic mass is 10.2. The van der Waals surface area contributed by atoms with E-state index < -0.39 is 6.10 Å². The Morgan fingerprint density at radius 2 is 2.12 bits per heavy atom. The second-order valence-corrected chi connectivity index (χ2v) is 5.38. The summed E-state index contributed by atoms with van der Waals surface area (Å²) in [7, 11) is 1.37. The van der Waals surface area contributed by atoms with Gasteiger partial charge in [0.2, 0.25) is 0 Å². The van der Waals surface area contributed by atoms with Crippen LogP contribution in [0.15, 0.2) is 0 Å². The van der Waals surface area contributed by atoms with Crippen molar-refractivity contribution in [1.29, 1.82) is 0 Å². The number of ether oxygens (including phenoxy) is 2. The molecule has 1 heterocycles. The molecule has 0 radical (unpaired) electrons. The highest BCUT2D eigenvalue weighted by molar-refractivity contribution is 5.76. The SMILES string of the molecule is COC(=O)C1CC(O)CN1CCOC(C)(C)C. The largest absolute Gasteiger partial charge is 0.468 e. The molecule has 0 saturated carbocycles. The predicted molar refractivity (Wildman–Crippen MR) is 63.7 cm³/mol. The van der Waals surface area contributed by atoms with E-state index in [1.807, 2.05) is 25.7 Å². The maximum atomic E-state index is 11.5. The summed E-state index contributed by atoms with van der Waals surface area (Å²) >= 11 is 0. The second-order valence-electron chi connectivity index (χ2n) is 5.38. The van der Waals surface area contributed by atoms with Crippen molar-refractivity contribution in [3.8, 4) is 0 Å². The predicted octanol–water partition coefficient (Wildman–Crippen LogP) is 0.410. The van der Waals surface area contributed by atoms with Crippen molar-refractivity contribution in [2.24, 2.45) is 0 Å². The molecule has 0 bridgehead atoms. The fourth-order valence-electron chi connectivity index (χ4n) is 1.98. The van der Waals surface area contributed by atoms with Crippen LogP contribution in [0.4, 0.5) is 0 Å². The summed E-state index contributed by atoms with van der Waals surface area (Å²) in [5.74, 6) is -0.280. The van der Waals surface area contributed by atoms with Gasteiger partial charge in [0.1, 0.15) is 6.04 Å². The minimum absolute atomic E-state index is 0.181. The van der Waals surface area contributed by atoms with E-state index in [-0.39, 0.29) is 17.6 Å². The van der Waals surface area contributed by atoms with Crippen LogP contribution in [-0.2, 0) is 14.3 Å². The van der Waals surface area contributed by atoms with Crippen molar-refractivity contribution in [3.63, 3.8) is 0 Å². The molecule has 0 aromatic rings. The van der Waals surface area contributed by atoms with Crippen LogP contribution in [-0.4, -0.2) is 60.5 Å². The molecule has 0 aliphatic carbocycles. The van der Waals surface area contributed by atoms with Gasteiger partial charge in [0.05, 0.1) is 25.4 Å². The Morgan fingerprint density at radius 3 is 2.65 bits per heavy atom. The van der Waals surface area contributed by atoms with Gasteiger partial charge in [-0.3, -0.25) is 9.69 Å². The zero-order chi connectivity index (χ0) is 13.1. The van der Waals surface area contributed by atoms with E-state index in [0.717, 1.165) is 0 Å². The first-order valence-corrected chi connectivity index (χ1v) is 5.97. The maximum absolute atomic E-state index is 11.5. The van der Waals surface area contributed by atoms with Crippen molar-refractivity contribution in [2.75, 3.05) is 26.8 Å². The number of hydrogen-bond acceptors (Lipinski definition) is 5. The quantitative estimate of drug-likeness (QED) is 0.727. The Labute approximate surface area is 103 Å². The van der Waals surface area contributed by atoms with E-state index >= 15 is 0 Å². The van der Waals surface area contributed by atoms with E-state index in [4.69, 9.17) is 9.47 Å². The van der Waals surface area contributed by atoms with Gasteiger partial charge >= 0.3 is 5.97 Å². The highest BCUT2D eigenvalue weighted by Crippen LogP contribution is 2.19. The average Bonchev–Trinajstić information content (AvgIpc) is 2.57. The Hall–Kier alpha value is -0.650. The molecule has 0 aromatic carbocycles. The first kappa shape index (κ1) is 14.4. The molecule has 1 N–H and O–H groups in total. The molecule has 5 heteroatoms. The molecule has 1 aliphatic rings. The molecule has 1 fully saturated rings. The topological polar surface area (TPSA) is 59.0 Å². The molecular formula is C12H23NO4. The van der Waals surface area contributed by atoms with Gasteiger partial charge in [0, 0.05) is 19.5 Å². The number of hydrogen-bond donors (Lipinski definition) is 1. The Morgan fingerprint density at radius 1 is 1.47 bits per heavy atom. The Balaban J connectivity index is 2.42. The molecule has 2 unspecified atom stereocenters. The van der Waals surface area contributed by atoms with Crippen LogP contribution in [0.5, 0.6) is 0 Å². The molecular weight excluding hydrogens is 222 g/mol. The van der Waals surface area contributed by atoms with Crippen molar-refractivity contribution in [2.45, 2.75) is 44.9 Å². The monoisotopic (exact) mass is 245 g/mol. The van der Waals surface area contributed by atoms with E-state index in [0.29, 0.717) is 26.1 Å². The number of carbonyl (C=O) groups excluding carboxylic acids is 1. The molecule has 2 atom stereocenters. The van der Waals surface area contributed by atoms with Gasteiger partial charge in [-0.15, -0.1) is 0 Å². The van der Waals surface area contributed by atoms with Crippen molar-refractivity contribution in [3.05, 3.63) is 0 Å². The van der Waals surface area contributed by atoms with Crippen molar-refractivity contribution < 1.29 is 19.4 Å². The number of aliphatic hydroxyl groups is 1. The molecule has 1 aliphatic heterocycles. The molecule has 17 heavy (non-hydrogen) atoms. The summed E-state index contributed by atoms with van der Waals surface area (Å²) in [5, 5.41) is 9.58. The van der Waals surface area contributed by atoms with Gasteiger partial charge in [0.15, 0.2) is 0 Å². The molecule has 1 saturated heterocycles. The standard InChI is InChI=1S/C12H23NO4/c1-12(2,3)17-6-5-13-8-9(14)7-10(13)11(15)16-4/h9-10,14H,5-8H2,1-4H3. The number of methoxy groups -OCH3 is 1. The zero-order valence-corrected chi connectivity index (χ0v) is 11.1. The molecule has 0 aromatic heterocycles. The molecule has 5 nitrogen and oxygen atoms in total. The van der Waals surface area contributed by atoms with E-state index in [2.05, 4.69) is 0 Å². The van der Waals surface area contributed by atoms with E-state index in [9.17, 15) is 9.90 Å². The summed E-state index contributed by atoms with van der Waals surface area (Å²) in [5.41, 5.74) is -0.181. The summed E-state index contributed by atoms with van der Waals surface area (Å²) in [6, 6.07) is -0.335. The van der Waals surface area contributed by atoms with Gasteiger partial charge in [-0.1, -0.05) is 0 Å². The van der Waals surface area contributed by atoms with Crippen LogP contribution < -0.4 is 0 Å². The number of likely N-dealkylation sites (tertiary alicyclic amines) is 1. The van der Waals surface area contributed by atoms with Crippen LogP contribution >= 0.6 is 0 Å². The van der Waals surface area contributed by atoms with Gasteiger partial charge in [-0.25, -0.2) is 0 Å². The van der Waals surface area contributed by atoms with Crippen LogP contribution in [0, 0.1) is 0 Å². The van der Waals surface area contributed by atoms with E-state index in [1.54, 1.807) is 0 Å².